The average Bonchev–Trinajstić information content (AvgIpc) is 2.57. The van der Waals surface area contributed by atoms with Crippen LogP contribution in [0.5, 0.6) is 0 Å². The maximum Gasteiger partial charge on any atom is 0.140 e. The van der Waals surface area contributed by atoms with Gasteiger partial charge >= 0.3 is 0 Å². The first-order valence-electron chi connectivity index (χ1n) is 4.70. The van der Waals surface area contributed by atoms with E-state index in [2.05, 4.69) is 20.9 Å². The van der Waals surface area contributed by atoms with Crippen molar-refractivity contribution >= 4 is 15.9 Å². The molecule has 0 aliphatic heterocycles. The number of imidazole rings is 1. The summed E-state index contributed by atoms with van der Waals surface area (Å²) >= 11 is 3.48. The minimum atomic E-state index is 0.446. The molecule has 0 aliphatic rings. The van der Waals surface area contributed by atoms with E-state index < -0.39 is 0 Å². The van der Waals surface area contributed by atoms with Gasteiger partial charge in [-0.05, 0) is 15.9 Å². The molecule has 0 saturated carbocycles. The quantitative estimate of drug-likeness (QED) is 0.906. The zero-order chi connectivity index (χ0) is 10.8. The fourth-order valence-corrected chi connectivity index (χ4v) is 1.93. The van der Waals surface area contributed by atoms with Gasteiger partial charge in [-0.2, -0.15) is 0 Å². The zero-order valence-electron chi connectivity index (χ0n) is 8.44. The molecule has 0 saturated heterocycles. The summed E-state index contributed by atoms with van der Waals surface area (Å²) in [5, 5.41) is 0. The van der Waals surface area contributed by atoms with E-state index in [1.54, 1.807) is 0 Å². The molecule has 2 N–H and O–H groups in total. The van der Waals surface area contributed by atoms with E-state index in [1.807, 2.05) is 41.9 Å². The highest BCUT2D eigenvalue weighted by Gasteiger charge is 2.11. The van der Waals surface area contributed by atoms with Crippen LogP contribution in [0, 0.1) is 0 Å². The molecule has 0 unspecified atom stereocenters. The fourth-order valence-electron chi connectivity index (χ4n) is 1.51. The summed E-state index contributed by atoms with van der Waals surface area (Å²) in [5.74, 6) is 0.933. The van der Waals surface area contributed by atoms with Crippen LogP contribution in [0.25, 0.3) is 11.4 Å². The number of nitrogens with two attached hydrogens (primary N) is 1. The van der Waals surface area contributed by atoms with E-state index in [1.165, 1.54) is 0 Å². The predicted octanol–water partition coefficient (Wildman–Crippen LogP) is 2.31. The van der Waals surface area contributed by atoms with Gasteiger partial charge in [0.1, 0.15) is 10.4 Å². The van der Waals surface area contributed by atoms with Gasteiger partial charge in [0.25, 0.3) is 0 Å². The lowest BCUT2D eigenvalue weighted by atomic mass is 10.2. The van der Waals surface area contributed by atoms with Crippen LogP contribution in [-0.2, 0) is 13.6 Å². The average molecular weight is 266 g/mol. The summed E-state index contributed by atoms with van der Waals surface area (Å²) in [6.07, 6.45) is 0. The van der Waals surface area contributed by atoms with Crippen LogP contribution in [0.4, 0.5) is 0 Å². The van der Waals surface area contributed by atoms with E-state index in [0.29, 0.717) is 6.54 Å². The Hall–Kier alpha value is -1.13. The van der Waals surface area contributed by atoms with Gasteiger partial charge in [-0.15, -0.1) is 0 Å². The SMILES string of the molecule is Cn1c(-c2ccccc2)nc(CN)c1Br. The molecule has 2 aromatic rings. The largest absolute Gasteiger partial charge is 0.325 e. The Kier molecular flexibility index (Phi) is 2.88. The Morgan fingerprint density at radius 1 is 1.33 bits per heavy atom. The third-order valence-corrected chi connectivity index (χ3v) is 3.31. The third kappa shape index (κ3) is 1.82. The molecule has 1 heterocycles. The summed E-state index contributed by atoms with van der Waals surface area (Å²) in [4.78, 5) is 4.49. The van der Waals surface area contributed by atoms with Crippen LogP contribution < -0.4 is 5.73 Å². The van der Waals surface area contributed by atoms with Gasteiger partial charge < -0.3 is 10.3 Å². The highest BCUT2D eigenvalue weighted by atomic mass is 79.9. The Morgan fingerprint density at radius 3 is 2.53 bits per heavy atom. The third-order valence-electron chi connectivity index (χ3n) is 2.32. The topological polar surface area (TPSA) is 43.8 Å². The summed E-state index contributed by atoms with van der Waals surface area (Å²) in [6.45, 7) is 0.446. The van der Waals surface area contributed by atoms with E-state index >= 15 is 0 Å². The maximum absolute atomic E-state index is 5.61. The van der Waals surface area contributed by atoms with E-state index in [9.17, 15) is 0 Å². The molecule has 1 aromatic carbocycles. The first-order valence-corrected chi connectivity index (χ1v) is 5.50. The van der Waals surface area contributed by atoms with Gasteiger partial charge in [0, 0.05) is 19.2 Å². The van der Waals surface area contributed by atoms with Gasteiger partial charge in [0.05, 0.1) is 5.69 Å². The molecular weight excluding hydrogens is 254 g/mol. The van der Waals surface area contributed by atoms with Gasteiger partial charge in [-0.3, -0.25) is 0 Å². The van der Waals surface area contributed by atoms with Crippen LogP contribution >= 0.6 is 15.9 Å². The van der Waals surface area contributed by atoms with Crippen molar-refractivity contribution < 1.29 is 0 Å². The van der Waals surface area contributed by atoms with Gasteiger partial charge in [0.15, 0.2) is 0 Å². The van der Waals surface area contributed by atoms with E-state index in [4.69, 9.17) is 5.73 Å². The number of rotatable bonds is 2. The number of aromatic nitrogens is 2. The van der Waals surface area contributed by atoms with Crippen molar-refractivity contribution in [1.82, 2.24) is 9.55 Å². The standard InChI is InChI=1S/C11H12BrN3/c1-15-10(12)9(7-13)14-11(15)8-5-3-2-4-6-8/h2-6H,7,13H2,1H3. The molecule has 0 radical (unpaired) electrons. The van der Waals surface area contributed by atoms with Crippen molar-refractivity contribution in [2.24, 2.45) is 12.8 Å². The molecule has 1 aromatic heterocycles. The van der Waals surface area contributed by atoms with Gasteiger partial charge in [-0.25, -0.2) is 4.98 Å². The smallest absolute Gasteiger partial charge is 0.140 e. The van der Waals surface area contributed by atoms with Crippen molar-refractivity contribution in [2.75, 3.05) is 0 Å². The Morgan fingerprint density at radius 2 is 2.00 bits per heavy atom. The second-order valence-corrected chi connectivity index (χ2v) is 4.05. The summed E-state index contributed by atoms with van der Waals surface area (Å²) < 4.78 is 2.95. The molecule has 15 heavy (non-hydrogen) atoms. The van der Waals surface area contributed by atoms with E-state index in [-0.39, 0.29) is 0 Å². The van der Waals surface area contributed by atoms with Crippen molar-refractivity contribution in [2.45, 2.75) is 6.54 Å². The molecule has 0 atom stereocenters. The lowest BCUT2D eigenvalue weighted by molar-refractivity contribution is 0.893. The Balaban J connectivity index is 2.55. The first kappa shape index (κ1) is 10.4. The Labute approximate surface area is 97.1 Å². The van der Waals surface area contributed by atoms with Crippen molar-refractivity contribution in [3.63, 3.8) is 0 Å². The number of nitrogens with zero attached hydrogens (tertiary/aromatic N) is 2. The van der Waals surface area contributed by atoms with Crippen LogP contribution in [0.1, 0.15) is 5.69 Å². The second kappa shape index (κ2) is 4.16. The summed E-state index contributed by atoms with van der Waals surface area (Å²) in [5.41, 5.74) is 7.59. The van der Waals surface area contributed by atoms with Crippen molar-refractivity contribution in [3.8, 4) is 11.4 Å². The molecule has 0 aliphatic carbocycles. The van der Waals surface area contributed by atoms with Crippen molar-refractivity contribution in [1.29, 1.82) is 0 Å². The first-order chi connectivity index (χ1) is 7.24. The molecule has 3 nitrogen and oxygen atoms in total. The van der Waals surface area contributed by atoms with Gasteiger partial charge in [0.2, 0.25) is 0 Å². The minimum absolute atomic E-state index is 0.446. The molecular formula is C11H12BrN3. The monoisotopic (exact) mass is 265 g/mol. The highest BCUT2D eigenvalue weighted by molar-refractivity contribution is 9.10. The predicted molar refractivity (Wildman–Crippen MR) is 64.2 cm³/mol. The minimum Gasteiger partial charge on any atom is -0.325 e. The molecule has 2 rings (SSSR count). The van der Waals surface area contributed by atoms with Crippen LogP contribution in [0.2, 0.25) is 0 Å². The van der Waals surface area contributed by atoms with Crippen LogP contribution in [0.15, 0.2) is 34.9 Å². The lowest BCUT2D eigenvalue weighted by Crippen LogP contribution is -1.97. The van der Waals surface area contributed by atoms with Crippen molar-refractivity contribution in [3.05, 3.63) is 40.6 Å². The molecule has 4 heteroatoms. The number of hydrogen-bond donors (Lipinski definition) is 1. The maximum atomic E-state index is 5.61. The zero-order valence-corrected chi connectivity index (χ0v) is 10.0. The normalized spacial score (nSPS) is 10.6. The second-order valence-electron chi connectivity index (χ2n) is 3.30. The lowest BCUT2D eigenvalue weighted by Gasteiger charge is -2.01. The van der Waals surface area contributed by atoms with E-state index in [0.717, 1.165) is 21.7 Å². The number of hydrogen-bond acceptors (Lipinski definition) is 2. The highest BCUT2D eigenvalue weighted by Crippen LogP contribution is 2.24. The van der Waals surface area contributed by atoms with Gasteiger partial charge in [-0.1, -0.05) is 30.3 Å². The summed E-state index contributed by atoms with van der Waals surface area (Å²) in [7, 11) is 1.97. The number of halogens is 1. The molecule has 0 bridgehead atoms. The molecule has 78 valence electrons. The Bertz CT molecular complexity index is 462. The number of benzene rings is 1. The van der Waals surface area contributed by atoms with Crippen LogP contribution in [-0.4, -0.2) is 9.55 Å². The molecule has 0 amide bonds. The summed E-state index contributed by atoms with van der Waals surface area (Å²) in [6, 6.07) is 10.1. The molecule has 0 spiro atoms. The fraction of sp³-hybridized carbons (Fsp3) is 0.182. The van der Waals surface area contributed by atoms with Crippen LogP contribution in [0.3, 0.4) is 0 Å². The molecule has 0 fully saturated rings.